The molecule has 230 valence electrons. The van der Waals surface area contributed by atoms with Gasteiger partial charge in [-0.3, -0.25) is 0 Å². The standard InChI is InChI=1S/C47H32N2/c1-4-17-34(18-5-1)48(35-19-6-2-7-20-35)37-29-30-39-43(32-37)47(42-31-28-33-16-10-11-23-38(33)46(39)42)40-24-12-14-26-44(40)49(36-21-8-3-9-22-36)45-27-15-13-25-41(45)47/h1-32H. The lowest BCUT2D eigenvalue weighted by Gasteiger charge is -2.45. The molecule has 1 aliphatic carbocycles. The Morgan fingerprint density at radius 3 is 1.59 bits per heavy atom. The minimum Gasteiger partial charge on any atom is -0.310 e. The Bertz CT molecular complexity index is 2420. The summed E-state index contributed by atoms with van der Waals surface area (Å²) in [6.07, 6.45) is 0. The Morgan fingerprint density at radius 1 is 0.388 bits per heavy atom. The summed E-state index contributed by atoms with van der Waals surface area (Å²) in [6.45, 7) is 0. The second-order valence-corrected chi connectivity index (χ2v) is 12.9. The van der Waals surface area contributed by atoms with Gasteiger partial charge in [-0.2, -0.15) is 0 Å². The highest BCUT2D eigenvalue weighted by molar-refractivity contribution is 6.06. The molecule has 1 heterocycles. The molecule has 8 aromatic carbocycles. The van der Waals surface area contributed by atoms with Crippen LogP contribution in [0.25, 0.3) is 21.9 Å². The van der Waals surface area contributed by atoms with E-state index in [0.29, 0.717) is 0 Å². The van der Waals surface area contributed by atoms with E-state index in [-0.39, 0.29) is 0 Å². The van der Waals surface area contributed by atoms with Gasteiger partial charge in [0.2, 0.25) is 0 Å². The van der Waals surface area contributed by atoms with Crippen LogP contribution in [-0.4, -0.2) is 0 Å². The van der Waals surface area contributed by atoms with Crippen LogP contribution >= 0.6 is 0 Å². The molecule has 0 unspecified atom stereocenters. The highest BCUT2D eigenvalue weighted by Crippen LogP contribution is 2.64. The maximum Gasteiger partial charge on any atom is 0.0755 e. The van der Waals surface area contributed by atoms with Crippen molar-refractivity contribution in [1.82, 2.24) is 0 Å². The number of hydrogen-bond donors (Lipinski definition) is 0. The van der Waals surface area contributed by atoms with E-state index >= 15 is 0 Å². The Hall–Kier alpha value is -6.38. The van der Waals surface area contributed by atoms with Gasteiger partial charge in [0.25, 0.3) is 0 Å². The molecule has 0 bridgehead atoms. The van der Waals surface area contributed by atoms with Gasteiger partial charge in [-0.05, 0) is 105 Å². The molecular formula is C47H32N2. The number of hydrogen-bond acceptors (Lipinski definition) is 2. The summed E-state index contributed by atoms with van der Waals surface area (Å²) in [6, 6.07) is 71.0. The molecule has 0 saturated carbocycles. The number of anilines is 6. The maximum absolute atomic E-state index is 2.47. The van der Waals surface area contributed by atoms with Crippen molar-refractivity contribution in [3.63, 3.8) is 0 Å². The molecule has 8 aromatic rings. The predicted molar refractivity (Wildman–Crippen MR) is 204 cm³/mol. The van der Waals surface area contributed by atoms with E-state index in [4.69, 9.17) is 0 Å². The Morgan fingerprint density at radius 2 is 0.939 bits per heavy atom. The van der Waals surface area contributed by atoms with Crippen molar-refractivity contribution >= 4 is 44.9 Å². The summed E-state index contributed by atoms with van der Waals surface area (Å²) in [7, 11) is 0. The maximum atomic E-state index is 2.47. The Kier molecular flexibility index (Phi) is 6.13. The van der Waals surface area contributed by atoms with Crippen molar-refractivity contribution in [3.8, 4) is 11.1 Å². The number of fused-ring (bicyclic) bond motifs is 11. The van der Waals surface area contributed by atoms with Crippen LogP contribution in [0.5, 0.6) is 0 Å². The third-order valence-corrected chi connectivity index (χ3v) is 10.4. The molecule has 10 rings (SSSR count). The number of nitrogens with zero attached hydrogens (tertiary/aromatic N) is 2. The van der Waals surface area contributed by atoms with E-state index in [2.05, 4.69) is 204 Å². The normalized spacial score (nSPS) is 13.4. The first-order valence-electron chi connectivity index (χ1n) is 17.0. The topological polar surface area (TPSA) is 6.48 Å². The molecule has 1 aliphatic heterocycles. The average Bonchev–Trinajstić information content (AvgIpc) is 3.47. The van der Waals surface area contributed by atoms with Gasteiger partial charge < -0.3 is 9.80 Å². The van der Waals surface area contributed by atoms with Crippen molar-refractivity contribution < 1.29 is 0 Å². The summed E-state index contributed by atoms with van der Waals surface area (Å²) < 4.78 is 0. The fourth-order valence-corrected chi connectivity index (χ4v) is 8.50. The molecule has 2 heteroatoms. The molecule has 0 N–H and O–H groups in total. The average molecular weight is 625 g/mol. The van der Waals surface area contributed by atoms with Gasteiger partial charge in [-0.25, -0.2) is 0 Å². The van der Waals surface area contributed by atoms with E-state index in [1.807, 2.05) is 0 Å². The van der Waals surface area contributed by atoms with E-state index in [0.717, 1.165) is 22.7 Å². The molecule has 49 heavy (non-hydrogen) atoms. The molecular weight excluding hydrogens is 593 g/mol. The van der Waals surface area contributed by atoms with Crippen LogP contribution in [0, 0.1) is 0 Å². The van der Waals surface area contributed by atoms with Crippen LogP contribution in [0.1, 0.15) is 22.3 Å². The second-order valence-electron chi connectivity index (χ2n) is 12.9. The highest BCUT2D eigenvalue weighted by atomic mass is 15.2. The van der Waals surface area contributed by atoms with Crippen molar-refractivity contribution in [1.29, 1.82) is 0 Å². The zero-order valence-electron chi connectivity index (χ0n) is 26.9. The molecule has 2 aliphatic rings. The van der Waals surface area contributed by atoms with E-state index < -0.39 is 5.41 Å². The summed E-state index contributed by atoms with van der Waals surface area (Å²) in [5, 5.41) is 2.54. The number of para-hydroxylation sites is 5. The molecule has 0 radical (unpaired) electrons. The minimum atomic E-state index is -0.539. The van der Waals surface area contributed by atoms with Gasteiger partial charge in [0.05, 0.1) is 16.8 Å². The first-order chi connectivity index (χ1) is 24.3. The van der Waals surface area contributed by atoms with Crippen LogP contribution in [-0.2, 0) is 5.41 Å². The summed E-state index contributed by atoms with van der Waals surface area (Å²) in [5.74, 6) is 0. The molecule has 0 aromatic heterocycles. The summed E-state index contributed by atoms with van der Waals surface area (Å²) in [5.41, 5.74) is 14.2. The summed E-state index contributed by atoms with van der Waals surface area (Å²) in [4.78, 5) is 4.82. The lowest BCUT2D eigenvalue weighted by atomic mass is 9.64. The Balaban J connectivity index is 1.34. The SMILES string of the molecule is c1ccc(N(c2ccccc2)c2ccc3c(c2)C2(c4ccccc4N(c4ccccc4)c4ccccc42)c2ccc4ccccc4c2-3)cc1. The van der Waals surface area contributed by atoms with Crippen LogP contribution < -0.4 is 9.80 Å². The highest BCUT2D eigenvalue weighted by Gasteiger charge is 2.52. The zero-order valence-corrected chi connectivity index (χ0v) is 26.9. The minimum absolute atomic E-state index is 0.539. The zero-order chi connectivity index (χ0) is 32.4. The number of benzene rings is 8. The van der Waals surface area contributed by atoms with Crippen LogP contribution in [0.3, 0.4) is 0 Å². The van der Waals surface area contributed by atoms with Crippen LogP contribution in [0.15, 0.2) is 194 Å². The molecule has 0 fully saturated rings. The Labute approximate surface area is 286 Å². The van der Waals surface area contributed by atoms with Gasteiger partial charge >= 0.3 is 0 Å². The monoisotopic (exact) mass is 624 g/mol. The molecule has 2 nitrogen and oxygen atoms in total. The number of rotatable bonds is 4. The fourth-order valence-electron chi connectivity index (χ4n) is 8.50. The molecule has 0 atom stereocenters. The van der Waals surface area contributed by atoms with E-state index in [9.17, 15) is 0 Å². The smallest absolute Gasteiger partial charge is 0.0755 e. The van der Waals surface area contributed by atoms with Gasteiger partial charge in [-0.1, -0.05) is 133 Å². The lowest BCUT2D eigenvalue weighted by molar-refractivity contribution is 0.753. The molecule has 0 amide bonds. The predicted octanol–water partition coefficient (Wildman–Crippen LogP) is 12.5. The van der Waals surface area contributed by atoms with Crippen molar-refractivity contribution in [2.75, 3.05) is 9.80 Å². The quantitative estimate of drug-likeness (QED) is 0.192. The van der Waals surface area contributed by atoms with Crippen molar-refractivity contribution in [2.45, 2.75) is 5.41 Å². The van der Waals surface area contributed by atoms with E-state index in [1.165, 1.54) is 55.5 Å². The van der Waals surface area contributed by atoms with E-state index in [1.54, 1.807) is 0 Å². The van der Waals surface area contributed by atoms with Crippen molar-refractivity contribution in [3.05, 3.63) is 216 Å². The first kappa shape index (κ1) is 27.7. The van der Waals surface area contributed by atoms with Gasteiger partial charge in [0.15, 0.2) is 0 Å². The lowest BCUT2D eigenvalue weighted by Crippen LogP contribution is -2.36. The largest absolute Gasteiger partial charge is 0.310 e. The van der Waals surface area contributed by atoms with Gasteiger partial charge in [-0.15, -0.1) is 0 Å². The molecule has 1 spiro atoms. The fraction of sp³-hybridized carbons (Fsp3) is 0.0213. The third kappa shape index (κ3) is 3.95. The van der Waals surface area contributed by atoms with Gasteiger partial charge in [0, 0.05) is 22.7 Å². The molecule has 0 saturated heterocycles. The van der Waals surface area contributed by atoms with Crippen molar-refractivity contribution in [2.24, 2.45) is 0 Å². The second kappa shape index (κ2) is 10.8. The van der Waals surface area contributed by atoms with Crippen LogP contribution in [0.2, 0.25) is 0 Å². The first-order valence-corrected chi connectivity index (χ1v) is 17.0. The summed E-state index contributed by atoms with van der Waals surface area (Å²) >= 11 is 0. The van der Waals surface area contributed by atoms with Crippen LogP contribution in [0.4, 0.5) is 34.1 Å². The van der Waals surface area contributed by atoms with Gasteiger partial charge in [0.1, 0.15) is 0 Å². The third-order valence-electron chi connectivity index (χ3n) is 10.4.